The minimum absolute atomic E-state index is 1.79. The average molecular weight is 295 g/mol. The molecule has 0 aliphatic rings. The second-order valence-corrected chi connectivity index (χ2v) is 5.77. The topological polar surface area (TPSA) is 71.5 Å². The van der Waals surface area contributed by atoms with Gasteiger partial charge < -0.3 is 0 Å². The summed E-state index contributed by atoms with van der Waals surface area (Å²) in [5, 5.41) is 0. The van der Waals surface area contributed by atoms with Crippen molar-refractivity contribution in [1.82, 2.24) is 4.31 Å². The van der Waals surface area contributed by atoms with Gasteiger partial charge in [0.1, 0.15) is 0 Å². The van der Waals surface area contributed by atoms with E-state index in [0.717, 1.165) is 0 Å². The average Bonchev–Trinajstić information content (AvgIpc) is 2.01. The molecule has 0 N–H and O–H groups in total. The normalized spacial score (nSPS) is 14.8. The van der Waals surface area contributed by atoms with Crippen LogP contribution in [-0.4, -0.2) is 39.1 Å². The molecule has 0 spiro atoms. The minimum Gasteiger partial charge on any atom is -0.233 e. The van der Waals surface area contributed by atoms with Gasteiger partial charge in [-0.25, -0.2) is 12.8 Å². The number of nitrogens with zero attached hydrogens (tertiary/aromatic N) is 1. The molecule has 0 aliphatic carbocycles. The molecule has 0 saturated heterocycles. The van der Waals surface area contributed by atoms with Crippen molar-refractivity contribution in [2.75, 3.05) is 6.80 Å². The molecule has 0 atom stereocenters. The van der Waals surface area contributed by atoms with Gasteiger partial charge in [-0.05, 0) is 0 Å². The summed E-state index contributed by atoms with van der Waals surface area (Å²) < 4.78 is 105. The van der Waals surface area contributed by atoms with Crippen LogP contribution in [-0.2, 0) is 20.2 Å². The van der Waals surface area contributed by atoms with Crippen molar-refractivity contribution >= 4 is 20.2 Å². The summed E-state index contributed by atoms with van der Waals surface area (Å²) in [4.78, 5) is 0. The predicted octanol–water partition coefficient (Wildman–Crippen LogP) is 0.617. The Kier molecular flexibility index (Phi) is 4.21. The highest BCUT2D eigenvalue weighted by atomic mass is 32.3. The third kappa shape index (κ3) is 2.40. The SMILES string of the molecule is O=S(=O)(F)C(F)(F)S(=O)(=O)N(CF)C(F)F. The van der Waals surface area contributed by atoms with Crippen molar-refractivity contribution in [2.45, 2.75) is 11.1 Å². The maximum absolute atomic E-state index is 12.4. The molecule has 0 aromatic rings. The zero-order valence-electron chi connectivity index (χ0n) is 6.95. The summed E-state index contributed by atoms with van der Waals surface area (Å²) in [7, 11) is -13.7. The largest absolute Gasteiger partial charge is 0.489 e. The third-order valence-corrected chi connectivity index (χ3v) is 4.50. The van der Waals surface area contributed by atoms with E-state index in [2.05, 4.69) is 0 Å². The molecule has 98 valence electrons. The lowest BCUT2D eigenvalue weighted by atomic mass is 11.1. The lowest BCUT2D eigenvalue weighted by Gasteiger charge is -2.21. The zero-order chi connectivity index (χ0) is 13.4. The molecule has 5 nitrogen and oxygen atoms in total. The van der Waals surface area contributed by atoms with Gasteiger partial charge in [0.25, 0.3) is 0 Å². The minimum atomic E-state index is -7.01. The molecule has 0 rings (SSSR count). The molecule has 0 saturated carbocycles. The summed E-state index contributed by atoms with van der Waals surface area (Å²) in [5.74, 6) is 0. The molecule has 0 amide bonds. The van der Waals surface area contributed by atoms with Crippen LogP contribution in [0.25, 0.3) is 0 Å². The zero-order valence-corrected chi connectivity index (χ0v) is 8.58. The number of hydrogen-bond acceptors (Lipinski definition) is 4. The first-order chi connectivity index (χ1) is 6.89. The molecule has 0 unspecified atom stereocenters. The second-order valence-electron chi connectivity index (χ2n) is 2.19. The lowest BCUT2D eigenvalue weighted by molar-refractivity contribution is 0.00282. The van der Waals surface area contributed by atoms with E-state index in [1.54, 1.807) is 0 Å². The van der Waals surface area contributed by atoms with Gasteiger partial charge in [-0.3, -0.25) is 0 Å². The van der Waals surface area contributed by atoms with Crippen molar-refractivity contribution in [3.8, 4) is 0 Å². The van der Waals surface area contributed by atoms with Crippen molar-refractivity contribution in [2.24, 2.45) is 0 Å². The highest BCUT2D eigenvalue weighted by Crippen LogP contribution is 2.34. The molecule has 0 fully saturated rings. The summed E-state index contributed by atoms with van der Waals surface area (Å²) in [5.41, 5.74) is 0. The second kappa shape index (κ2) is 4.37. The van der Waals surface area contributed by atoms with Gasteiger partial charge in [0.05, 0.1) is 0 Å². The van der Waals surface area contributed by atoms with Crippen LogP contribution in [0.4, 0.5) is 25.8 Å². The fourth-order valence-electron chi connectivity index (χ4n) is 0.484. The van der Waals surface area contributed by atoms with Crippen molar-refractivity contribution in [1.29, 1.82) is 0 Å². The lowest BCUT2D eigenvalue weighted by Crippen LogP contribution is -2.48. The van der Waals surface area contributed by atoms with Crippen molar-refractivity contribution in [3.63, 3.8) is 0 Å². The first-order valence-electron chi connectivity index (χ1n) is 3.07. The Balaban J connectivity index is 5.72. The fourth-order valence-corrected chi connectivity index (χ4v) is 2.39. The fraction of sp³-hybridized carbons (Fsp3) is 1.00. The molecular formula is C3H3F6NO4S2. The highest BCUT2D eigenvalue weighted by molar-refractivity contribution is 8.06. The van der Waals surface area contributed by atoms with Gasteiger partial charge >= 0.3 is 31.4 Å². The molecule has 0 aliphatic heterocycles. The van der Waals surface area contributed by atoms with Crippen LogP contribution in [0.1, 0.15) is 0 Å². The Hall–Kier alpha value is -0.560. The van der Waals surface area contributed by atoms with Crippen LogP contribution in [0, 0.1) is 0 Å². The van der Waals surface area contributed by atoms with Gasteiger partial charge in [-0.2, -0.15) is 26.0 Å². The van der Waals surface area contributed by atoms with Crippen LogP contribution in [0.2, 0.25) is 0 Å². The van der Waals surface area contributed by atoms with Crippen LogP contribution < -0.4 is 0 Å². The maximum Gasteiger partial charge on any atom is 0.489 e. The Morgan fingerprint density at radius 1 is 1.12 bits per heavy atom. The van der Waals surface area contributed by atoms with E-state index in [-0.39, 0.29) is 0 Å². The standard InChI is InChI=1S/C3H3F6NO4S2/c4-1-10(2(5)6)16(13,14)3(7,8)15(9,11)12/h2H,1H2. The first kappa shape index (κ1) is 15.4. The number of halogens is 6. The van der Waals surface area contributed by atoms with Crippen molar-refractivity contribution in [3.05, 3.63) is 0 Å². The summed E-state index contributed by atoms with van der Waals surface area (Å²) in [6, 6.07) is 0. The summed E-state index contributed by atoms with van der Waals surface area (Å²) in [6.07, 6.45) is 0. The van der Waals surface area contributed by atoms with E-state index in [4.69, 9.17) is 0 Å². The quantitative estimate of drug-likeness (QED) is 0.423. The molecular weight excluding hydrogens is 292 g/mol. The number of alkyl halides is 5. The van der Waals surface area contributed by atoms with Crippen molar-refractivity contribution < 1.29 is 42.7 Å². The molecule has 13 heteroatoms. The smallest absolute Gasteiger partial charge is 0.233 e. The third-order valence-electron chi connectivity index (χ3n) is 1.23. The highest BCUT2D eigenvalue weighted by Gasteiger charge is 2.62. The Morgan fingerprint density at radius 2 is 1.50 bits per heavy atom. The Bertz CT molecular complexity index is 442. The van der Waals surface area contributed by atoms with E-state index in [0.29, 0.717) is 0 Å². The van der Waals surface area contributed by atoms with E-state index in [9.17, 15) is 42.7 Å². The molecule has 0 aromatic carbocycles. The van der Waals surface area contributed by atoms with Crippen LogP contribution in [0.15, 0.2) is 0 Å². The number of hydrogen-bond donors (Lipinski definition) is 0. The number of rotatable bonds is 5. The maximum atomic E-state index is 12.4. The van der Waals surface area contributed by atoms with Gasteiger partial charge in [0.15, 0.2) is 6.80 Å². The van der Waals surface area contributed by atoms with E-state index in [1.807, 2.05) is 0 Å². The van der Waals surface area contributed by atoms with Gasteiger partial charge in [0.2, 0.25) is 0 Å². The van der Waals surface area contributed by atoms with E-state index >= 15 is 0 Å². The molecule has 0 radical (unpaired) electrons. The van der Waals surface area contributed by atoms with E-state index < -0.39 is 42.5 Å². The predicted molar refractivity (Wildman–Crippen MR) is 37.7 cm³/mol. The van der Waals surface area contributed by atoms with Crippen LogP contribution in [0.3, 0.4) is 0 Å². The van der Waals surface area contributed by atoms with E-state index in [1.165, 1.54) is 0 Å². The number of sulfonamides is 1. The summed E-state index contributed by atoms with van der Waals surface area (Å²) in [6.45, 7) is -6.91. The molecule has 0 bridgehead atoms. The van der Waals surface area contributed by atoms with Gasteiger partial charge in [-0.1, -0.05) is 3.89 Å². The molecule has 0 aromatic heterocycles. The Morgan fingerprint density at radius 3 is 1.69 bits per heavy atom. The molecule has 16 heavy (non-hydrogen) atoms. The monoisotopic (exact) mass is 295 g/mol. The first-order valence-corrected chi connectivity index (χ1v) is 5.89. The van der Waals surface area contributed by atoms with Crippen LogP contribution in [0.5, 0.6) is 0 Å². The van der Waals surface area contributed by atoms with Crippen LogP contribution >= 0.6 is 0 Å². The van der Waals surface area contributed by atoms with Gasteiger partial charge in [0, 0.05) is 0 Å². The Labute approximate surface area is 85.9 Å². The summed E-state index contributed by atoms with van der Waals surface area (Å²) >= 11 is 0. The molecule has 0 heterocycles. The van der Waals surface area contributed by atoms with Gasteiger partial charge in [-0.15, -0.1) is 4.31 Å².